The lowest BCUT2D eigenvalue weighted by Gasteiger charge is -2.27. The molecule has 0 aliphatic rings. The summed E-state index contributed by atoms with van der Waals surface area (Å²) >= 11 is 0. The fourth-order valence-electron chi connectivity index (χ4n) is 7.91. The minimum Gasteiger partial charge on any atom is -0.507 e. The predicted molar refractivity (Wildman–Crippen MR) is 281 cm³/mol. The molecule has 338 valence electrons. The van der Waals surface area contributed by atoms with Crippen LogP contribution in [0.25, 0.3) is 72.7 Å². The monoisotopic (exact) mass is 905 g/mol. The summed E-state index contributed by atoms with van der Waals surface area (Å²) in [6.45, 7) is -27.9. The van der Waals surface area contributed by atoms with Crippen LogP contribution in [0.2, 0.25) is 0 Å². The number of benzene rings is 6. The van der Waals surface area contributed by atoms with Crippen LogP contribution in [0.15, 0.2) is 140 Å². The Morgan fingerprint density at radius 3 is 2.02 bits per heavy atom. The molecule has 0 aliphatic carbocycles. The van der Waals surface area contributed by atoms with Crippen molar-refractivity contribution in [3.05, 3.63) is 167 Å². The van der Waals surface area contributed by atoms with Gasteiger partial charge in [-0.05, 0) is 127 Å². The van der Waals surface area contributed by atoms with Gasteiger partial charge in [0.15, 0.2) is 0 Å². The number of hydrogen-bond donors (Lipinski definition) is 1. The van der Waals surface area contributed by atoms with Gasteiger partial charge in [0.2, 0.25) is 0 Å². The first-order valence-corrected chi connectivity index (χ1v) is 21.1. The number of phenolic OH excluding ortho intramolecular Hbond substituents is 1. The first-order chi connectivity index (χ1) is 44.7. The second-order valence-electron chi connectivity index (χ2n) is 18.0. The molecule has 0 saturated heterocycles. The Hall–Kier alpha value is -6.26. The lowest BCUT2D eigenvalue weighted by Crippen LogP contribution is -2.17. The molecule has 0 amide bonds. The van der Waals surface area contributed by atoms with Crippen LogP contribution in [-0.4, -0.2) is 19.6 Å². The highest BCUT2D eigenvalue weighted by atomic mass is 16.3. The van der Waals surface area contributed by atoms with E-state index in [0.717, 1.165) is 5.56 Å². The quantitative estimate of drug-likeness (QED) is 0.165. The maximum Gasteiger partial charge on any atom is 0.149 e. The van der Waals surface area contributed by atoms with Crippen LogP contribution < -0.4 is 0 Å². The molecule has 0 saturated carbocycles. The van der Waals surface area contributed by atoms with E-state index in [-0.39, 0.29) is 45.4 Å². The summed E-state index contributed by atoms with van der Waals surface area (Å²) in [6, 6.07) is 19.3. The van der Waals surface area contributed by atoms with Crippen LogP contribution in [-0.2, 0) is 28.1 Å². The highest BCUT2D eigenvalue weighted by Gasteiger charge is 2.30. The molecule has 6 aromatic carbocycles. The number of aromatic hydroxyl groups is 1. The zero-order valence-electron chi connectivity index (χ0n) is 69.9. The molecule has 4 nitrogen and oxygen atoms in total. The zero-order chi connectivity index (χ0) is 75.2. The van der Waals surface area contributed by atoms with Crippen molar-refractivity contribution in [2.75, 3.05) is 0 Å². The third kappa shape index (κ3) is 9.38. The number of phenols is 1. The van der Waals surface area contributed by atoms with E-state index in [1.54, 1.807) is 75.4 Å². The van der Waals surface area contributed by atoms with E-state index in [2.05, 4.69) is 4.98 Å². The lowest BCUT2D eigenvalue weighted by molar-refractivity contribution is 0.446. The lowest BCUT2D eigenvalue weighted by atomic mass is 9.79. The van der Waals surface area contributed by atoms with Gasteiger partial charge in [0.25, 0.3) is 0 Å². The number of imidazole rings is 1. The molecule has 2 heterocycles. The smallest absolute Gasteiger partial charge is 0.149 e. The summed E-state index contributed by atoms with van der Waals surface area (Å²) in [6.07, 6.45) is -0.354. The van der Waals surface area contributed by atoms with Crippen molar-refractivity contribution in [2.45, 2.75) is 124 Å². The largest absolute Gasteiger partial charge is 0.507 e. The van der Waals surface area contributed by atoms with E-state index in [0.29, 0.717) is 35.2 Å². The fourth-order valence-corrected chi connectivity index (χ4v) is 7.91. The molecule has 66 heavy (non-hydrogen) atoms. The minimum atomic E-state index is -4.28. The molecular weight excluding hydrogens is 803 g/mol. The van der Waals surface area contributed by atoms with Crippen LogP contribution in [0.3, 0.4) is 0 Å². The van der Waals surface area contributed by atoms with E-state index in [1.807, 2.05) is 19.9 Å². The second kappa shape index (κ2) is 17.2. The summed E-state index contributed by atoms with van der Waals surface area (Å²) in [5, 5.41) is 13.2. The van der Waals surface area contributed by atoms with Crippen LogP contribution in [0.1, 0.15) is 169 Å². The number of pyridine rings is 1. The molecule has 0 fully saturated rings. The first-order valence-electron chi connectivity index (χ1n) is 37.6. The molecule has 0 atom stereocenters. The van der Waals surface area contributed by atoms with E-state index in [9.17, 15) is 7.85 Å². The van der Waals surface area contributed by atoms with E-state index < -0.39 is 170 Å². The van der Waals surface area contributed by atoms with Gasteiger partial charge in [0.05, 0.1) is 36.2 Å². The molecule has 0 radical (unpaired) electrons. The Balaban J connectivity index is 1.60. The number of aromatic nitrogens is 3. The van der Waals surface area contributed by atoms with E-state index >= 15 is 0 Å². The minimum absolute atomic E-state index is 0.00633. The Labute approximate surface area is 441 Å². The fraction of sp³-hybridized carbons (Fsp3) is 0.323. The average Bonchev–Trinajstić information content (AvgIpc) is 1.41. The van der Waals surface area contributed by atoms with Crippen molar-refractivity contribution in [1.82, 2.24) is 14.5 Å². The second-order valence-corrected chi connectivity index (χ2v) is 18.0. The summed E-state index contributed by atoms with van der Waals surface area (Å²) in [4.78, 5) is 9.43. The van der Waals surface area contributed by atoms with Gasteiger partial charge in [-0.25, -0.2) is 4.98 Å². The molecule has 0 aliphatic heterocycles. The topological polar surface area (TPSA) is 50.9 Å². The van der Waals surface area contributed by atoms with Crippen LogP contribution >= 0.6 is 0 Å². The highest BCUT2D eigenvalue weighted by molar-refractivity contribution is 5.98. The Morgan fingerprint density at radius 2 is 1.30 bits per heavy atom. The van der Waals surface area contributed by atoms with Gasteiger partial charge in [-0.2, -0.15) is 0 Å². The SMILES string of the molecule is [2H]c1cc(-c2c([2H])c([2H])nc(-c3cc(-c4cccc5c4nc(-c4cc(C(C([2H])([2H])[2H])(C([2H])([2H])[2H])C([2H])([2H])[2H])cc(C(C([2H])([2H])[2H])(C([2H])([2H])[2H])C([2H])([2H])[2H])c4O)n5-c4ccc(CC(C)C)cc4-c4ccccc4)cc(C(C)(C)C)c3)c2[2H])c([2H])c([2H])c1C(C([2H])([2H])[2H])(C([2H])([2H])[2H])C([2H])([2H])[2H]. The van der Waals surface area contributed by atoms with Gasteiger partial charge in [-0.1, -0.05) is 181 Å². The van der Waals surface area contributed by atoms with Crippen molar-refractivity contribution >= 4 is 11.0 Å². The normalized spacial score (nSPS) is 21.7. The number of fused-ring (bicyclic) bond motifs is 1. The molecule has 8 aromatic rings. The molecule has 0 unspecified atom stereocenters. The van der Waals surface area contributed by atoms with Gasteiger partial charge in [0.1, 0.15) is 11.6 Å². The summed E-state index contributed by atoms with van der Waals surface area (Å²) in [5.74, 6) is -2.04. The average molecular weight is 905 g/mol. The van der Waals surface area contributed by atoms with Crippen molar-refractivity contribution < 1.29 is 50.3 Å². The molecule has 8 rings (SSSR count). The van der Waals surface area contributed by atoms with Crippen molar-refractivity contribution in [2.24, 2.45) is 5.92 Å². The van der Waals surface area contributed by atoms with Gasteiger partial charge in [0, 0.05) is 65.4 Å². The summed E-state index contributed by atoms with van der Waals surface area (Å²) in [7, 11) is 0. The number of hydrogen-bond acceptors (Lipinski definition) is 3. The van der Waals surface area contributed by atoms with Gasteiger partial charge < -0.3 is 5.11 Å². The Bertz CT molecular complexity index is 4320. The Morgan fingerprint density at radius 1 is 0.591 bits per heavy atom. The Kier molecular flexibility index (Phi) is 5.40. The number of nitrogens with zero attached hydrogens (tertiary/aromatic N) is 3. The third-order valence-corrected chi connectivity index (χ3v) is 11.2. The summed E-state index contributed by atoms with van der Waals surface area (Å²) < 4.78 is 290. The van der Waals surface area contributed by atoms with Crippen LogP contribution in [0.4, 0.5) is 0 Å². The van der Waals surface area contributed by atoms with Gasteiger partial charge >= 0.3 is 0 Å². The maximum absolute atomic E-state index is 13.2. The molecule has 2 aromatic heterocycles. The zero-order valence-corrected chi connectivity index (χ0v) is 36.9. The molecule has 0 bridgehead atoms. The molecular formula is C62H69N3O. The van der Waals surface area contributed by atoms with Gasteiger partial charge in [-0.15, -0.1) is 0 Å². The highest BCUT2D eigenvalue weighted by Crippen LogP contribution is 2.46. The molecule has 4 heteroatoms. The maximum atomic E-state index is 13.2. The standard InChI is InChI=1S/C62H69N3O/c1-39(2)31-40-23-28-54(50(32-40)42-19-16-15-17-20-42)65-55-22-18-21-49(56(55)64-58(65)51-37-48(61(9,10)11)38-52(57(51)66)62(12,13)14)44-33-45(35-47(34-44)60(6,7)8)53-36-43(29-30-63-53)41-24-26-46(27-25-41)59(3,4)5/h15-30,32-39,66H,31H2,1-14H3/i3D3,4D3,5D3,9D3,10D3,11D3,12D3,13D3,14D3,24D,26D,27D,29D,30D,36D. The number of para-hydroxylation sites is 1. The van der Waals surface area contributed by atoms with Crippen molar-refractivity contribution in [3.63, 3.8) is 0 Å². The summed E-state index contributed by atoms with van der Waals surface area (Å²) in [5.41, 5.74) is -17.6. The first kappa shape index (κ1) is 20.7. The van der Waals surface area contributed by atoms with Crippen molar-refractivity contribution in [3.8, 4) is 67.5 Å². The van der Waals surface area contributed by atoms with Crippen LogP contribution in [0, 0.1) is 5.92 Å². The van der Waals surface area contributed by atoms with E-state index in [4.69, 9.17) is 47.5 Å². The molecule has 0 spiro atoms. The predicted octanol–water partition coefficient (Wildman–Crippen LogP) is 16.8. The van der Waals surface area contributed by atoms with Gasteiger partial charge in [-0.3, -0.25) is 9.55 Å². The molecule has 1 N–H and O–H groups in total. The number of rotatable bonds is 8. The third-order valence-electron chi connectivity index (χ3n) is 11.2. The van der Waals surface area contributed by atoms with E-state index in [1.165, 1.54) is 28.8 Å². The van der Waals surface area contributed by atoms with Crippen LogP contribution in [0.5, 0.6) is 5.75 Å². The van der Waals surface area contributed by atoms with Crippen molar-refractivity contribution in [1.29, 1.82) is 0 Å².